The summed E-state index contributed by atoms with van der Waals surface area (Å²) in [5, 5.41) is 32.1. The van der Waals surface area contributed by atoms with Crippen molar-refractivity contribution in [2.75, 3.05) is 12.4 Å². The van der Waals surface area contributed by atoms with Crippen LogP contribution in [0.25, 0.3) is 27.5 Å². The number of nitrogens with zero attached hydrogens (tertiary/aromatic N) is 6. The number of aromatic nitrogens is 5. The summed E-state index contributed by atoms with van der Waals surface area (Å²) in [6.45, 7) is 1.61. The van der Waals surface area contributed by atoms with Gasteiger partial charge in [-0.25, -0.2) is 4.52 Å². The molecule has 12 heteroatoms. The van der Waals surface area contributed by atoms with Crippen LogP contribution in [0.15, 0.2) is 36.7 Å². The van der Waals surface area contributed by atoms with E-state index >= 15 is 0 Å². The number of carbonyl (C=O) groups excluding carboxylic acids is 2. The molecule has 0 aliphatic heterocycles. The molecule has 0 radical (unpaired) electrons. The third-order valence-corrected chi connectivity index (χ3v) is 11.3. The minimum absolute atomic E-state index is 0.0577. The third-order valence-electron chi connectivity index (χ3n) is 10.2. The highest BCUT2D eigenvalue weighted by atomic mass is 32.1. The molecule has 2 unspecified atom stereocenters. The lowest BCUT2D eigenvalue weighted by Gasteiger charge is -2.34. The topological polar surface area (TPSA) is 147 Å². The van der Waals surface area contributed by atoms with Gasteiger partial charge in [0, 0.05) is 43.2 Å². The predicted molar refractivity (Wildman–Crippen MR) is 174 cm³/mol. The van der Waals surface area contributed by atoms with Crippen LogP contribution in [0, 0.1) is 29.1 Å². The second-order valence-corrected chi connectivity index (χ2v) is 14.1. The maximum atomic E-state index is 11.9. The first kappa shape index (κ1) is 30.3. The van der Waals surface area contributed by atoms with Gasteiger partial charge in [-0.05, 0) is 93.4 Å². The Bertz CT molecular complexity index is 1790. The van der Waals surface area contributed by atoms with E-state index in [1.807, 2.05) is 24.4 Å². The summed E-state index contributed by atoms with van der Waals surface area (Å²) in [5.74, 6) is 1.58. The Kier molecular flexibility index (Phi) is 8.42. The Labute approximate surface area is 271 Å². The van der Waals surface area contributed by atoms with Crippen molar-refractivity contribution in [3.63, 3.8) is 0 Å². The molecule has 3 aliphatic rings. The molecule has 238 valence electrons. The molecule has 3 saturated carbocycles. The number of carbonyl (C=O) groups is 2. The van der Waals surface area contributed by atoms with Crippen molar-refractivity contribution in [1.82, 2.24) is 30.1 Å². The van der Waals surface area contributed by atoms with Crippen molar-refractivity contribution < 1.29 is 14.3 Å². The number of hydrogen-bond acceptors (Lipinski definition) is 10. The molecule has 4 aromatic rings. The maximum absolute atomic E-state index is 11.9. The van der Waals surface area contributed by atoms with Gasteiger partial charge in [-0.2, -0.15) is 10.4 Å². The Morgan fingerprint density at radius 1 is 1.07 bits per heavy atom. The number of pyridine rings is 1. The van der Waals surface area contributed by atoms with Crippen LogP contribution in [0.2, 0.25) is 0 Å². The van der Waals surface area contributed by atoms with Gasteiger partial charge in [-0.15, -0.1) is 10.2 Å². The van der Waals surface area contributed by atoms with Gasteiger partial charge in [-0.1, -0.05) is 11.3 Å². The standard InChI is InChI=1S/C34H38N8O3S/c1-19(43)38-32-22-5-6-23(32)14-24(13-22)33-40-41-34(46-33)27-18-36-29(30-10-9-26-11-21(16-35)17-37-42(26)30)15-28(27)39-25-7-3-20(4-8-25)12-31(44)45-2/h9-11,15,17-18,20,22-25,32H,3-8,12-14H2,1-2H3,(H,36,39)(H,38,43)/t20?,22-,23+,24?,25?,32?. The molecular weight excluding hydrogens is 600 g/mol. The van der Waals surface area contributed by atoms with Gasteiger partial charge >= 0.3 is 5.97 Å². The van der Waals surface area contributed by atoms with Crippen molar-refractivity contribution in [2.45, 2.75) is 82.7 Å². The number of amides is 1. The van der Waals surface area contributed by atoms with Gasteiger partial charge in [0.15, 0.2) is 5.01 Å². The van der Waals surface area contributed by atoms with Crippen LogP contribution in [0.5, 0.6) is 0 Å². The van der Waals surface area contributed by atoms with Crippen LogP contribution in [0.4, 0.5) is 5.69 Å². The van der Waals surface area contributed by atoms with E-state index in [1.54, 1.807) is 29.0 Å². The number of hydrogen-bond donors (Lipinski definition) is 2. The molecule has 7 rings (SSSR count). The molecule has 1 amide bonds. The molecule has 4 aromatic heterocycles. The summed E-state index contributed by atoms with van der Waals surface area (Å²) in [4.78, 5) is 28.5. The number of nitriles is 1. The zero-order chi connectivity index (χ0) is 31.8. The van der Waals surface area contributed by atoms with Gasteiger partial charge in [0.25, 0.3) is 0 Å². The Balaban J connectivity index is 1.16. The zero-order valence-corrected chi connectivity index (χ0v) is 26.9. The molecule has 4 heterocycles. The van der Waals surface area contributed by atoms with E-state index in [1.165, 1.54) is 7.11 Å². The van der Waals surface area contributed by atoms with E-state index in [9.17, 15) is 14.9 Å². The Hall–Kier alpha value is -4.37. The van der Waals surface area contributed by atoms with Crippen molar-refractivity contribution in [1.29, 1.82) is 5.26 Å². The van der Waals surface area contributed by atoms with Gasteiger partial charge in [0.2, 0.25) is 5.91 Å². The third kappa shape index (κ3) is 6.08. The first-order valence-electron chi connectivity index (χ1n) is 16.2. The van der Waals surface area contributed by atoms with Gasteiger partial charge in [-0.3, -0.25) is 14.6 Å². The van der Waals surface area contributed by atoms with Crippen LogP contribution in [0.3, 0.4) is 0 Å². The Morgan fingerprint density at radius 2 is 1.85 bits per heavy atom. The fourth-order valence-electron chi connectivity index (χ4n) is 7.90. The highest BCUT2D eigenvalue weighted by molar-refractivity contribution is 7.14. The van der Waals surface area contributed by atoms with E-state index in [4.69, 9.17) is 14.8 Å². The smallest absolute Gasteiger partial charge is 0.305 e. The monoisotopic (exact) mass is 638 g/mol. The first-order valence-corrected chi connectivity index (χ1v) is 17.0. The molecule has 2 N–H and O–H groups in total. The fraction of sp³-hybridized carbons (Fsp3) is 0.500. The lowest BCUT2D eigenvalue weighted by Crippen LogP contribution is -2.43. The average Bonchev–Trinajstić information content (AvgIpc) is 3.77. The number of anilines is 1. The van der Waals surface area contributed by atoms with Gasteiger partial charge in [0.05, 0.1) is 41.3 Å². The number of esters is 1. The molecule has 2 bridgehead atoms. The van der Waals surface area contributed by atoms with Crippen LogP contribution >= 0.6 is 11.3 Å². The second kappa shape index (κ2) is 12.8. The lowest BCUT2D eigenvalue weighted by molar-refractivity contribution is -0.142. The van der Waals surface area contributed by atoms with E-state index in [0.29, 0.717) is 35.7 Å². The van der Waals surface area contributed by atoms with Crippen molar-refractivity contribution in [3.05, 3.63) is 47.2 Å². The second-order valence-electron chi connectivity index (χ2n) is 13.1. The summed E-state index contributed by atoms with van der Waals surface area (Å²) < 4.78 is 6.71. The average molecular weight is 639 g/mol. The quantitative estimate of drug-likeness (QED) is 0.231. The summed E-state index contributed by atoms with van der Waals surface area (Å²) in [7, 11) is 1.45. The summed E-state index contributed by atoms with van der Waals surface area (Å²) in [6, 6.07) is 10.5. The number of ether oxygens (including phenoxy) is 1. The van der Waals surface area contributed by atoms with Crippen molar-refractivity contribution in [2.24, 2.45) is 17.8 Å². The van der Waals surface area contributed by atoms with Crippen molar-refractivity contribution >= 4 is 34.4 Å². The van der Waals surface area contributed by atoms with Crippen LogP contribution in [0.1, 0.15) is 81.2 Å². The van der Waals surface area contributed by atoms with E-state index < -0.39 is 0 Å². The van der Waals surface area contributed by atoms with Crippen LogP contribution < -0.4 is 10.6 Å². The number of fused-ring (bicyclic) bond motifs is 3. The normalized spacial score (nSPS) is 25.6. The van der Waals surface area contributed by atoms with Gasteiger partial charge < -0.3 is 15.4 Å². The maximum Gasteiger partial charge on any atom is 0.305 e. The number of nitrogens with one attached hydrogen (secondary N) is 2. The van der Waals surface area contributed by atoms with E-state index in [-0.39, 0.29) is 24.0 Å². The molecule has 3 fully saturated rings. The molecular formula is C34H38N8O3S. The number of methoxy groups -OCH3 is 1. The molecule has 46 heavy (non-hydrogen) atoms. The summed E-state index contributed by atoms with van der Waals surface area (Å²) >= 11 is 1.65. The van der Waals surface area contributed by atoms with E-state index in [0.717, 1.165) is 89.5 Å². The molecule has 11 nitrogen and oxygen atoms in total. The minimum Gasteiger partial charge on any atom is -0.469 e. The molecule has 0 spiro atoms. The van der Waals surface area contributed by atoms with Crippen molar-refractivity contribution in [3.8, 4) is 28.0 Å². The SMILES string of the molecule is COC(=O)CC1CCC(Nc2cc(-c3ccc4cc(C#N)cnn34)ncc2-c2nnc(C3C[C@H]4CC[C@@H](C3)C4NC(C)=O)s2)CC1. The van der Waals surface area contributed by atoms with E-state index in [2.05, 4.69) is 33.0 Å². The zero-order valence-electron chi connectivity index (χ0n) is 26.1. The minimum atomic E-state index is -0.143. The lowest BCUT2D eigenvalue weighted by atomic mass is 9.77. The fourth-order valence-corrected chi connectivity index (χ4v) is 8.89. The van der Waals surface area contributed by atoms with Crippen LogP contribution in [-0.4, -0.2) is 55.9 Å². The molecule has 0 aromatic carbocycles. The van der Waals surface area contributed by atoms with Crippen LogP contribution in [-0.2, 0) is 14.3 Å². The summed E-state index contributed by atoms with van der Waals surface area (Å²) in [6.07, 6.45) is 12.1. The largest absolute Gasteiger partial charge is 0.469 e. The molecule has 4 atom stereocenters. The molecule has 0 saturated heterocycles. The first-order chi connectivity index (χ1) is 22.4. The Morgan fingerprint density at radius 3 is 2.57 bits per heavy atom. The number of rotatable bonds is 8. The highest BCUT2D eigenvalue weighted by Crippen LogP contribution is 2.49. The van der Waals surface area contributed by atoms with Gasteiger partial charge in [0.1, 0.15) is 11.1 Å². The summed E-state index contributed by atoms with van der Waals surface area (Å²) in [5.41, 5.74) is 4.80. The predicted octanol–water partition coefficient (Wildman–Crippen LogP) is 5.73. The highest BCUT2D eigenvalue weighted by Gasteiger charge is 2.44. The molecule has 3 aliphatic carbocycles.